The molecule has 17 heavy (non-hydrogen) atoms. The number of nitrogens with one attached hydrogen (secondary N) is 1. The van der Waals surface area contributed by atoms with Gasteiger partial charge in [-0.15, -0.1) is 0 Å². The molecule has 1 atom stereocenters. The van der Waals surface area contributed by atoms with E-state index in [1.165, 1.54) is 0 Å². The van der Waals surface area contributed by atoms with Gasteiger partial charge in [-0.3, -0.25) is 0 Å². The second-order valence-corrected chi connectivity index (χ2v) is 5.16. The molecule has 0 bridgehead atoms. The van der Waals surface area contributed by atoms with Crippen molar-refractivity contribution in [2.75, 3.05) is 32.9 Å². The third-order valence-electron chi connectivity index (χ3n) is 2.67. The van der Waals surface area contributed by atoms with E-state index in [9.17, 15) is 0 Å². The lowest BCUT2D eigenvalue weighted by Crippen LogP contribution is -2.36. The first-order chi connectivity index (χ1) is 8.42. The Bertz CT molecular complexity index is 393. The maximum absolute atomic E-state index is 5.65. The van der Waals surface area contributed by atoms with Gasteiger partial charge in [0.1, 0.15) is 18.6 Å². The number of ether oxygens (including phenoxy) is 3. The van der Waals surface area contributed by atoms with E-state index in [4.69, 9.17) is 14.2 Å². The van der Waals surface area contributed by atoms with Gasteiger partial charge in [-0.25, -0.2) is 0 Å². The van der Waals surface area contributed by atoms with Crippen LogP contribution in [0, 0.1) is 0 Å². The highest BCUT2D eigenvalue weighted by Crippen LogP contribution is 2.35. The first-order valence-electron chi connectivity index (χ1n) is 5.80. The van der Waals surface area contributed by atoms with Crippen molar-refractivity contribution >= 4 is 11.8 Å². The van der Waals surface area contributed by atoms with Gasteiger partial charge in [0.05, 0.1) is 6.61 Å². The summed E-state index contributed by atoms with van der Waals surface area (Å²) >= 11 is 1.72. The summed E-state index contributed by atoms with van der Waals surface area (Å²) in [5.41, 5.74) is 0.186. The molecule has 1 aromatic carbocycles. The zero-order valence-corrected chi connectivity index (χ0v) is 10.3. The molecule has 1 saturated heterocycles. The van der Waals surface area contributed by atoms with Crippen LogP contribution in [0.15, 0.2) is 23.1 Å². The number of benzene rings is 1. The van der Waals surface area contributed by atoms with Crippen LogP contribution in [0.4, 0.5) is 0 Å². The molecule has 2 aliphatic rings. The van der Waals surface area contributed by atoms with Gasteiger partial charge in [-0.2, -0.15) is 0 Å². The van der Waals surface area contributed by atoms with Gasteiger partial charge in [0.15, 0.2) is 11.5 Å². The van der Waals surface area contributed by atoms with Crippen molar-refractivity contribution in [3.8, 4) is 11.5 Å². The molecule has 0 aromatic heterocycles. The van der Waals surface area contributed by atoms with Crippen LogP contribution in [0.1, 0.15) is 0 Å². The van der Waals surface area contributed by atoms with Gasteiger partial charge in [0, 0.05) is 18.0 Å². The maximum Gasteiger partial charge on any atom is 0.162 e. The van der Waals surface area contributed by atoms with Gasteiger partial charge in [-0.1, -0.05) is 11.8 Å². The molecule has 0 spiro atoms. The Labute approximate surface area is 105 Å². The molecular formula is C12H15NO3S. The summed E-state index contributed by atoms with van der Waals surface area (Å²) in [6.45, 7) is 3.87. The molecule has 1 fully saturated rings. The van der Waals surface area contributed by atoms with E-state index in [1.54, 1.807) is 11.8 Å². The van der Waals surface area contributed by atoms with Crippen molar-refractivity contribution in [3.63, 3.8) is 0 Å². The van der Waals surface area contributed by atoms with Crippen molar-refractivity contribution < 1.29 is 14.2 Å². The van der Waals surface area contributed by atoms with Gasteiger partial charge >= 0.3 is 0 Å². The quantitative estimate of drug-likeness (QED) is 0.865. The topological polar surface area (TPSA) is 39.7 Å². The average molecular weight is 253 g/mol. The van der Waals surface area contributed by atoms with E-state index in [0.29, 0.717) is 13.2 Å². The molecule has 4 nitrogen and oxygen atoms in total. The highest BCUT2D eigenvalue weighted by Gasteiger charge is 2.17. The molecule has 2 heterocycles. The minimum atomic E-state index is 0.186. The lowest BCUT2D eigenvalue weighted by Gasteiger charge is -2.24. The summed E-state index contributed by atoms with van der Waals surface area (Å²) in [4.78, 5) is 1.16. The smallest absolute Gasteiger partial charge is 0.162 e. The Morgan fingerprint density at radius 3 is 2.82 bits per heavy atom. The highest BCUT2D eigenvalue weighted by molar-refractivity contribution is 7.99. The van der Waals surface area contributed by atoms with Crippen LogP contribution in [-0.4, -0.2) is 38.3 Å². The van der Waals surface area contributed by atoms with E-state index >= 15 is 0 Å². The van der Waals surface area contributed by atoms with Crippen molar-refractivity contribution in [2.45, 2.75) is 10.3 Å². The minimum Gasteiger partial charge on any atom is -0.486 e. The normalized spacial score (nSPS) is 23.4. The Balaban J connectivity index is 1.70. The molecule has 1 N–H and O–H groups in total. The summed E-state index contributed by atoms with van der Waals surface area (Å²) in [7, 11) is 0. The van der Waals surface area contributed by atoms with Crippen molar-refractivity contribution in [1.29, 1.82) is 0 Å². The third kappa shape index (κ3) is 2.68. The predicted octanol–water partition coefficient (Wildman–Crippen LogP) is 1.50. The Hall–Kier alpha value is -0.910. The number of hydrogen-bond donors (Lipinski definition) is 1. The maximum atomic E-state index is 5.65. The summed E-state index contributed by atoms with van der Waals surface area (Å²) in [6.07, 6.45) is 0. The Kier molecular flexibility index (Phi) is 3.40. The predicted molar refractivity (Wildman–Crippen MR) is 65.9 cm³/mol. The van der Waals surface area contributed by atoms with Crippen molar-refractivity contribution in [2.24, 2.45) is 0 Å². The van der Waals surface area contributed by atoms with E-state index < -0.39 is 0 Å². The molecule has 1 aromatic rings. The Morgan fingerprint density at radius 1 is 1.12 bits per heavy atom. The van der Waals surface area contributed by atoms with Crippen molar-refractivity contribution in [3.05, 3.63) is 18.2 Å². The molecule has 5 heteroatoms. The zero-order valence-electron chi connectivity index (χ0n) is 9.48. The van der Waals surface area contributed by atoms with Gasteiger partial charge in [0.2, 0.25) is 0 Å². The molecule has 3 rings (SSSR count). The molecule has 0 amide bonds. The largest absolute Gasteiger partial charge is 0.486 e. The zero-order chi connectivity index (χ0) is 11.5. The van der Waals surface area contributed by atoms with Gasteiger partial charge in [-0.05, 0) is 18.2 Å². The number of hydrogen-bond acceptors (Lipinski definition) is 5. The molecule has 1 unspecified atom stereocenters. The number of morpholine rings is 1. The van der Waals surface area contributed by atoms with Crippen LogP contribution >= 0.6 is 11.8 Å². The Morgan fingerprint density at radius 2 is 2.00 bits per heavy atom. The molecule has 92 valence electrons. The average Bonchev–Trinajstić information content (AvgIpc) is 2.40. The molecular weight excluding hydrogens is 238 g/mol. The van der Waals surface area contributed by atoms with E-state index in [0.717, 1.165) is 36.1 Å². The number of fused-ring (bicyclic) bond motifs is 1. The molecule has 0 aliphatic carbocycles. The summed E-state index contributed by atoms with van der Waals surface area (Å²) in [5.74, 6) is 1.67. The van der Waals surface area contributed by atoms with E-state index in [-0.39, 0.29) is 5.44 Å². The standard InChI is InChI=1S/C12H15NO3S/c1-2-10-11(15-6-5-14-10)7-9(1)17-12-8-13-3-4-16-12/h1-2,7,12-13H,3-6,8H2. The van der Waals surface area contributed by atoms with Gasteiger partial charge in [0.25, 0.3) is 0 Å². The highest BCUT2D eigenvalue weighted by atomic mass is 32.2. The first-order valence-corrected chi connectivity index (χ1v) is 6.68. The summed E-state index contributed by atoms with van der Waals surface area (Å²) < 4.78 is 16.7. The van der Waals surface area contributed by atoms with Crippen LogP contribution in [0.5, 0.6) is 11.5 Å². The molecule has 0 saturated carbocycles. The second-order valence-electron chi connectivity index (χ2n) is 3.93. The molecule has 2 aliphatic heterocycles. The van der Waals surface area contributed by atoms with E-state index in [1.807, 2.05) is 12.1 Å². The fraction of sp³-hybridized carbons (Fsp3) is 0.500. The van der Waals surface area contributed by atoms with Crippen LogP contribution in [-0.2, 0) is 4.74 Å². The lowest BCUT2D eigenvalue weighted by atomic mass is 10.3. The van der Waals surface area contributed by atoms with E-state index in [2.05, 4.69) is 11.4 Å². The number of rotatable bonds is 2. The minimum absolute atomic E-state index is 0.186. The lowest BCUT2D eigenvalue weighted by molar-refractivity contribution is 0.0852. The summed E-state index contributed by atoms with van der Waals surface area (Å²) in [5, 5.41) is 3.32. The number of thioether (sulfide) groups is 1. The first kappa shape index (κ1) is 11.2. The van der Waals surface area contributed by atoms with Crippen LogP contribution < -0.4 is 14.8 Å². The van der Waals surface area contributed by atoms with Crippen LogP contribution in [0.3, 0.4) is 0 Å². The SMILES string of the molecule is c1cc2c(cc1SC1CNCCO1)OCCO2. The fourth-order valence-corrected chi connectivity index (χ4v) is 2.86. The van der Waals surface area contributed by atoms with Gasteiger partial charge < -0.3 is 19.5 Å². The van der Waals surface area contributed by atoms with Crippen LogP contribution in [0.25, 0.3) is 0 Å². The monoisotopic (exact) mass is 253 g/mol. The van der Waals surface area contributed by atoms with Crippen molar-refractivity contribution in [1.82, 2.24) is 5.32 Å². The van der Waals surface area contributed by atoms with Crippen LogP contribution in [0.2, 0.25) is 0 Å². The second kappa shape index (κ2) is 5.16. The fourth-order valence-electron chi connectivity index (χ4n) is 1.87. The summed E-state index contributed by atoms with van der Waals surface area (Å²) in [6, 6.07) is 6.04. The third-order valence-corrected chi connectivity index (χ3v) is 3.77. The molecule has 0 radical (unpaired) electrons.